The Morgan fingerprint density at radius 1 is 1.32 bits per heavy atom. The van der Waals surface area contributed by atoms with Gasteiger partial charge in [-0.15, -0.1) is 11.3 Å². The number of piperidine rings is 1. The van der Waals surface area contributed by atoms with E-state index in [4.69, 9.17) is 10.7 Å². The molecule has 1 aromatic carbocycles. The zero-order valence-electron chi connectivity index (χ0n) is 12.9. The van der Waals surface area contributed by atoms with Gasteiger partial charge in [0.05, 0.1) is 5.69 Å². The van der Waals surface area contributed by atoms with Crippen molar-refractivity contribution in [2.45, 2.75) is 12.8 Å². The molecule has 1 aliphatic rings. The molecule has 1 aromatic heterocycles. The molecule has 116 valence electrons. The van der Waals surface area contributed by atoms with E-state index in [0.717, 1.165) is 53.7 Å². The van der Waals surface area contributed by atoms with Crippen LogP contribution in [0.3, 0.4) is 0 Å². The lowest BCUT2D eigenvalue weighted by atomic mass is 9.95. The highest BCUT2D eigenvalue weighted by atomic mass is 32.1. The number of hydrogen-bond acceptors (Lipinski definition) is 5. The van der Waals surface area contributed by atoms with Gasteiger partial charge in [0.2, 0.25) is 0 Å². The van der Waals surface area contributed by atoms with Gasteiger partial charge in [0, 0.05) is 48.4 Å². The van der Waals surface area contributed by atoms with Crippen LogP contribution in [0.5, 0.6) is 0 Å². The number of benzene rings is 1. The smallest absolute Gasteiger partial charge is 0.185 e. The third kappa shape index (κ3) is 3.09. The molecular formula is C17H22N4S. The molecule has 3 rings (SSSR count). The molecule has 0 saturated carbocycles. The Kier molecular flexibility index (Phi) is 4.34. The molecule has 2 heterocycles. The summed E-state index contributed by atoms with van der Waals surface area (Å²) in [6, 6.07) is 8.37. The third-order valence-corrected chi connectivity index (χ3v) is 5.15. The second-order valence-electron chi connectivity index (χ2n) is 5.68. The zero-order valence-corrected chi connectivity index (χ0v) is 13.7. The van der Waals surface area contributed by atoms with Crippen molar-refractivity contribution >= 4 is 22.2 Å². The summed E-state index contributed by atoms with van der Waals surface area (Å²) < 4.78 is 0. The van der Waals surface area contributed by atoms with E-state index in [1.165, 1.54) is 0 Å². The minimum atomic E-state index is 0.463. The summed E-state index contributed by atoms with van der Waals surface area (Å²) in [5, 5.41) is 6.37. The van der Waals surface area contributed by atoms with Crippen molar-refractivity contribution < 1.29 is 0 Å². The Morgan fingerprint density at radius 2 is 2.00 bits per heavy atom. The van der Waals surface area contributed by atoms with Gasteiger partial charge in [0.15, 0.2) is 5.13 Å². The van der Waals surface area contributed by atoms with Crippen molar-refractivity contribution in [3.63, 3.8) is 0 Å². The highest BCUT2D eigenvalue weighted by Gasteiger charge is 2.22. The van der Waals surface area contributed by atoms with Crippen molar-refractivity contribution in [3.05, 3.63) is 41.9 Å². The molecule has 4 nitrogen and oxygen atoms in total. The molecule has 0 radical (unpaired) electrons. The first kappa shape index (κ1) is 14.9. The van der Waals surface area contributed by atoms with E-state index in [0.29, 0.717) is 5.92 Å². The molecule has 0 spiro atoms. The fourth-order valence-corrected chi connectivity index (χ4v) is 3.68. The Balaban J connectivity index is 1.70. The van der Waals surface area contributed by atoms with E-state index in [9.17, 15) is 0 Å². The van der Waals surface area contributed by atoms with E-state index in [2.05, 4.69) is 46.4 Å². The van der Waals surface area contributed by atoms with Crippen LogP contribution < -0.4 is 16.0 Å². The summed E-state index contributed by atoms with van der Waals surface area (Å²) in [5.41, 5.74) is 9.97. The second kappa shape index (κ2) is 6.40. The van der Waals surface area contributed by atoms with Gasteiger partial charge in [-0.1, -0.05) is 18.7 Å². The Morgan fingerprint density at radius 3 is 2.59 bits per heavy atom. The lowest BCUT2D eigenvalue weighted by Crippen LogP contribution is -2.35. The van der Waals surface area contributed by atoms with Crippen LogP contribution in [0.2, 0.25) is 0 Å². The molecule has 0 atom stereocenters. The maximum Gasteiger partial charge on any atom is 0.185 e. The normalized spacial score (nSPS) is 15.8. The number of thiazole rings is 1. The van der Waals surface area contributed by atoms with Crippen molar-refractivity contribution in [1.29, 1.82) is 0 Å². The van der Waals surface area contributed by atoms with Gasteiger partial charge in [-0.2, -0.15) is 0 Å². The van der Waals surface area contributed by atoms with Gasteiger partial charge in [0.25, 0.3) is 0 Å². The topological polar surface area (TPSA) is 54.2 Å². The predicted octanol–water partition coefficient (Wildman–Crippen LogP) is 3.54. The molecular weight excluding hydrogens is 292 g/mol. The largest absolute Gasteiger partial charge is 0.402 e. The van der Waals surface area contributed by atoms with Crippen LogP contribution in [0, 0.1) is 5.92 Å². The van der Waals surface area contributed by atoms with Gasteiger partial charge in [-0.05, 0) is 25.0 Å². The first-order chi connectivity index (χ1) is 10.7. The van der Waals surface area contributed by atoms with Crippen LogP contribution in [-0.4, -0.2) is 25.1 Å². The molecule has 5 heteroatoms. The number of anilines is 2. The summed E-state index contributed by atoms with van der Waals surface area (Å²) >= 11 is 1.72. The van der Waals surface area contributed by atoms with E-state index in [-0.39, 0.29) is 0 Å². The van der Waals surface area contributed by atoms with Crippen LogP contribution in [-0.2, 0) is 0 Å². The molecule has 1 aliphatic heterocycles. The quantitative estimate of drug-likeness (QED) is 0.906. The lowest BCUT2D eigenvalue weighted by molar-refractivity contribution is 0.456. The molecule has 0 amide bonds. The Bertz CT molecular complexity index is 639. The van der Waals surface area contributed by atoms with Gasteiger partial charge >= 0.3 is 0 Å². The minimum absolute atomic E-state index is 0.463. The maximum atomic E-state index is 5.82. The molecule has 1 fully saturated rings. The molecule has 3 N–H and O–H groups in total. The molecule has 2 aromatic rings. The first-order valence-corrected chi connectivity index (χ1v) is 8.48. The fraction of sp³-hybridized carbons (Fsp3) is 0.353. The van der Waals surface area contributed by atoms with Gasteiger partial charge in [0.1, 0.15) is 0 Å². The summed E-state index contributed by atoms with van der Waals surface area (Å²) in [4.78, 5) is 7.16. The van der Waals surface area contributed by atoms with Crippen LogP contribution in [0.25, 0.3) is 11.3 Å². The van der Waals surface area contributed by atoms with Crippen molar-refractivity contribution in [3.8, 4) is 11.3 Å². The molecule has 22 heavy (non-hydrogen) atoms. The number of nitrogens with zero attached hydrogens (tertiary/aromatic N) is 2. The van der Waals surface area contributed by atoms with Gasteiger partial charge in [-0.3, -0.25) is 0 Å². The lowest BCUT2D eigenvalue weighted by Gasteiger charge is -2.31. The highest BCUT2D eigenvalue weighted by molar-refractivity contribution is 7.14. The van der Waals surface area contributed by atoms with Gasteiger partial charge < -0.3 is 16.0 Å². The minimum Gasteiger partial charge on any atom is -0.402 e. The average molecular weight is 314 g/mol. The Labute approximate surface area is 135 Å². The number of rotatable bonds is 4. The summed E-state index contributed by atoms with van der Waals surface area (Å²) in [6.45, 7) is 5.89. The molecule has 0 aliphatic carbocycles. The number of nitrogens with one attached hydrogen (secondary N) is 1. The second-order valence-corrected chi connectivity index (χ2v) is 6.52. The summed E-state index contributed by atoms with van der Waals surface area (Å²) in [5.74, 6) is 0.463. The number of hydrogen-bond donors (Lipinski definition) is 2. The summed E-state index contributed by atoms with van der Waals surface area (Å²) in [6.07, 6.45) is 2.14. The van der Waals surface area contributed by atoms with Crippen molar-refractivity contribution in [2.24, 2.45) is 11.7 Å². The molecule has 0 unspecified atom stereocenters. The molecule has 0 bridgehead atoms. The van der Waals surface area contributed by atoms with Crippen LogP contribution >= 0.6 is 11.3 Å². The average Bonchev–Trinajstić information content (AvgIpc) is 3.05. The standard InChI is InChI=1S/C17H22N4S/c1-12(18)13-7-9-21(10-8-13)17-20-16(11-22-17)14-3-5-15(19-2)6-4-14/h3-6,11,13,19H,1,7-10,18H2,2H3. The first-order valence-electron chi connectivity index (χ1n) is 7.60. The van der Waals surface area contributed by atoms with Crippen molar-refractivity contribution in [2.75, 3.05) is 30.4 Å². The third-order valence-electron chi connectivity index (χ3n) is 4.25. The Hall–Kier alpha value is -2.01. The van der Waals surface area contributed by atoms with E-state index >= 15 is 0 Å². The van der Waals surface area contributed by atoms with Crippen LogP contribution in [0.1, 0.15) is 12.8 Å². The molecule has 1 saturated heterocycles. The van der Waals surface area contributed by atoms with E-state index < -0.39 is 0 Å². The fourth-order valence-electron chi connectivity index (χ4n) is 2.79. The van der Waals surface area contributed by atoms with E-state index in [1.807, 2.05) is 7.05 Å². The SMILES string of the molecule is C=C(N)C1CCN(c2nc(-c3ccc(NC)cc3)cs2)CC1. The maximum absolute atomic E-state index is 5.82. The van der Waals surface area contributed by atoms with Gasteiger partial charge in [-0.25, -0.2) is 4.98 Å². The summed E-state index contributed by atoms with van der Waals surface area (Å²) in [7, 11) is 1.93. The number of allylic oxidation sites excluding steroid dienone is 1. The monoisotopic (exact) mass is 314 g/mol. The number of nitrogens with two attached hydrogens (primary N) is 1. The predicted molar refractivity (Wildman–Crippen MR) is 95.4 cm³/mol. The zero-order chi connectivity index (χ0) is 15.5. The number of aromatic nitrogens is 1. The van der Waals surface area contributed by atoms with Crippen LogP contribution in [0.4, 0.5) is 10.8 Å². The highest BCUT2D eigenvalue weighted by Crippen LogP contribution is 2.31. The van der Waals surface area contributed by atoms with Crippen molar-refractivity contribution in [1.82, 2.24) is 4.98 Å². The van der Waals surface area contributed by atoms with E-state index in [1.54, 1.807) is 11.3 Å². The van der Waals surface area contributed by atoms with Crippen LogP contribution in [0.15, 0.2) is 41.9 Å².